The molecule has 1 aliphatic rings. The van der Waals surface area contributed by atoms with Crippen molar-refractivity contribution in [3.05, 3.63) is 21.9 Å². The Bertz CT molecular complexity index is 421. The van der Waals surface area contributed by atoms with E-state index in [1.807, 2.05) is 11.0 Å². The molecule has 5 heteroatoms. The number of halogens is 1. The molecule has 0 N–H and O–H groups in total. The fraction of sp³-hybridized carbons (Fsp3) is 0.643. The first-order chi connectivity index (χ1) is 9.24. The van der Waals surface area contributed by atoms with Crippen molar-refractivity contribution >= 4 is 28.8 Å². The number of rotatable bonds is 4. The summed E-state index contributed by atoms with van der Waals surface area (Å²) in [6.45, 7) is 6.69. The zero-order chi connectivity index (χ0) is 13.7. The van der Waals surface area contributed by atoms with Gasteiger partial charge in [-0.15, -0.1) is 22.9 Å². The molecule has 0 bridgehead atoms. The van der Waals surface area contributed by atoms with Crippen LogP contribution in [0.4, 0.5) is 0 Å². The van der Waals surface area contributed by atoms with Crippen LogP contribution in [0.15, 0.2) is 12.1 Å². The highest BCUT2D eigenvalue weighted by atomic mass is 35.5. The number of alkyl halides is 1. The van der Waals surface area contributed by atoms with Gasteiger partial charge in [0.15, 0.2) is 0 Å². The lowest BCUT2D eigenvalue weighted by Gasteiger charge is -2.20. The quantitative estimate of drug-likeness (QED) is 0.798. The molecule has 0 unspecified atom stereocenters. The fourth-order valence-electron chi connectivity index (χ4n) is 2.36. The third-order valence-corrected chi connectivity index (χ3v) is 4.88. The van der Waals surface area contributed by atoms with Crippen molar-refractivity contribution in [3.8, 4) is 0 Å². The highest BCUT2D eigenvalue weighted by Crippen LogP contribution is 2.19. The molecule has 0 aliphatic carbocycles. The fourth-order valence-corrected chi connectivity index (χ4v) is 3.51. The number of carbonyl (C=O) groups excluding carboxylic acids is 1. The van der Waals surface area contributed by atoms with E-state index in [9.17, 15) is 4.79 Å². The van der Waals surface area contributed by atoms with E-state index in [0.29, 0.717) is 5.88 Å². The van der Waals surface area contributed by atoms with Crippen molar-refractivity contribution in [2.45, 2.75) is 19.8 Å². The van der Waals surface area contributed by atoms with E-state index in [1.165, 1.54) is 4.88 Å². The molecule has 2 heterocycles. The molecule has 19 heavy (non-hydrogen) atoms. The van der Waals surface area contributed by atoms with Crippen molar-refractivity contribution in [1.82, 2.24) is 9.80 Å². The molecular formula is C14H21ClN2OS. The molecule has 1 aromatic heterocycles. The topological polar surface area (TPSA) is 23.6 Å². The van der Waals surface area contributed by atoms with Crippen molar-refractivity contribution in [1.29, 1.82) is 0 Å². The Hall–Kier alpha value is -0.580. The van der Waals surface area contributed by atoms with Crippen LogP contribution in [0.1, 0.15) is 27.9 Å². The van der Waals surface area contributed by atoms with Crippen LogP contribution in [0, 0.1) is 0 Å². The predicted molar refractivity (Wildman–Crippen MR) is 81.4 cm³/mol. The van der Waals surface area contributed by atoms with Gasteiger partial charge in [0.05, 0.1) is 4.88 Å². The molecule has 1 amide bonds. The summed E-state index contributed by atoms with van der Waals surface area (Å²) >= 11 is 7.41. The minimum Gasteiger partial charge on any atom is -0.337 e. The molecule has 0 atom stereocenters. The average molecular weight is 301 g/mol. The second-order valence-corrected chi connectivity index (χ2v) is 6.34. The summed E-state index contributed by atoms with van der Waals surface area (Å²) in [4.78, 5) is 18.9. The molecule has 2 rings (SSSR count). The number of nitrogens with zero attached hydrogens (tertiary/aromatic N) is 2. The van der Waals surface area contributed by atoms with Gasteiger partial charge in [-0.25, -0.2) is 0 Å². The molecule has 0 saturated carbocycles. The maximum Gasteiger partial charge on any atom is 0.263 e. The summed E-state index contributed by atoms with van der Waals surface area (Å²) in [5, 5.41) is 0. The van der Waals surface area contributed by atoms with Gasteiger partial charge in [0.2, 0.25) is 0 Å². The van der Waals surface area contributed by atoms with Crippen LogP contribution < -0.4 is 0 Å². The Morgan fingerprint density at radius 2 is 2.16 bits per heavy atom. The minimum absolute atomic E-state index is 0.192. The molecule has 1 fully saturated rings. The Morgan fingerprint density at radius 1 is 1.32 bits per heavy atom. The van der Waals surface area contributed by atoms with Crippen LogP contribution in [0.25, 0.3) is 0 Å². The second-order valence-electron chi connectivity index (χ2n) is 4.80. The first-order valence-electron chi connectivity index (χ1n) is 6.91. The van der Waals surface area contributed by atoms with Crippen LogP contribution in [0.2, 0.25) is 0 Å². The summed E-state index contributed by atoms with van der Waals surface area (Å²) < 4.78 is 0. The third-order valence-electron chi connectivity index (χ3n) is 3.50. The summed E-state index contributed by atoms with van der Waals surface area (Å²) in [5.41, 5.74) is 0. The summed E-state index contributed by atoms with van der Waals surface area (Å²) in [6, 6.07) is 4.03. The zero-order valence-corrected chi connectivity index (χ0v) is 13.0. The number of aryl methyl sites for hydroxylation is 1. The predicted octanol–water partition coefficient (Wildman–Crippen LogP) is 2.70. The van der Waals surface area contributed by atoms with Crippen molar-refractivity contribution < 1.29 is 4.79 Å². The first kappa shape index (κ1) is 14.8. The second kappa shape index (κ2) is 7.27. The van der Waals surface area contributed by atoms with Gasteiger partial charge >= 0.3 is 0 Å². The molecule has 0 aromatic carbocycles. The maximum absolute atomic E-state index is 12.4. The minimum atomic E-state index is 0.192. The van der Waals surface area contributed by atoms with Crippen LogP contribution in [0.3, 0.4) is 0 Å². The van der Waals surface area contributed by atoms with E-state index in [-0.39, 0.29) is 5.91 Å². The first-order valence-corrected chi connectivity index (χ1v) is 8.26. The Morgan fingerprint density at radius 3 is 2.84 bits per heavy atom. The van der Waals surface area contributed by atoms with E-state index in [0.717, 1.165) is 50.4 Å². The van der Waals surface area contributed by atoms with Crippen molar-refractivity contribution in [2.24, 2.45) is 0 Å². The molecule has 1 aliphatic heterocycles. The molecule has 1 aromatic rings. The van der Waals surface area contributed by atoms with E-state index in [1.54, 1.807) is 11.3 Å². The number of thiophene rings is 1. The average Bonchev–Trinajstić information content (AvgIpc) is 2.79. The van der Waals surface area contributed by atoms with Crippen LogP contribution in [-0.2, 0) is 6.42 Å². The number of amides is 1. The SMILES string of the molecule is CCc1ccc(C(=O)N2CCCN(CCCl)CC2)s1. The molecule has 1 saturated heterocycles. The van der Waals surface area contributed by atoms with Gasteiger partial charge in [-0.3, -0.25) is 4.79 Å². The van der Waals surface area contributed by atoms with E-state index in [4.69, 9.17) is 11.6 Å². The lowest BCUT2D eigenvalue weighted by atomic mass is 10.3. The number of hydrogen-bond acceptors (Lipinski definition) is 3. The molecule has 0 spiro atoms. The highest BCUT2D eigenvalue weighted by Gasteiger charge is 2.21. The van der Waals surface area contributed by atoms with Gasteiger partial charge in [-0.1, -0.05) is 6.92 Å². The van der Waals surface area contributed by atoms with Gasteiger partial charge in [0, 0.05) is 36.9 Å². The smallest absolute Gasteiger partial charge is 0.263 e. The monoisotopic (exact) mass is 300 g/mol. The van der Waals surface area contributed by atoms with E-state index < -0.39 is 0 Å². The van der Waals surface area contributed by atoms with E-state index in [2.05, 4.69) is 17.9 Å². The van der Waals surface area contributed by atoms with Gasteiger partial charge < -0.3 is 9.80 Å². The Labute approximate surface area is 124 Å². The summed E-state index contributed by atoms with van der Waals surface area (Å²) in [5.74, 6) is 0.857. The molecule has 3 nitrogen and oxygen atoms in total. The lowest BCUT2D eigenvalue weighted by Crippen LogP contribution is -2.35. The maximum atomic E-state index is 12.4. The van der Waals surface area contributed by atoms with E-state index >= 15 is 0 Å². The molecular weight excluding hydrogens is 280 g/mol. The number of hydrogen-bond donors (Lipinski definition) is 0. The summed E-state index contributed by atoms with van der Waals surface area (Å²) in [6.07, 6.45) is 2.04. The Kier molecular flexibility index (Phi) is 5.67. The summed E-state index contributed by atoms with van der Waals surface area (Å²) in [7, 11) is 0. The standard InChI is InChI=1S/C14H21ClN2OS/c1-2-12-4-5-13(19-12)14(18)17-8-3-7-16(9-6-15)10-11-17/h4-5H,2-3,6-11H2,1H3. The van der Waals surface area contributed by atoms with Crippen LogP contribution in [0.5, 0.6) is 0 Å². The number of carbonyl (C=O) groups is 1. The normalized spacial score (nSPS) is 17.5. The van der Waals surface area contributed by atoms with Gasteiger partial charge in [-0.2, -0.15) is 0 Å². The van der Waals surface area contributed by atoms with Crippen molar-refractivity contribution in [3.63, 3.8) is 0 Å². The third kappa shape index (κ3) is 3.94. The lowest BCUT2D eigenvalue weighted by molar-refractivity contribution is 0.0766. The van der Waals surface area contributed by atoms with Gasteiger partial charge in [-0.05, 0) is 31.5 Å². The Balaban J connectivity index is 1.95. The molecule has 106 valence electrons. The van der Waals surface area contributed by atoms with Crippen LogP contribution in [-0.4, -0.2) is 54.3 Å². The zero-order valence-electron chi connectivity index (χ0n) is 11.4. The van der Waals surface area contributed by atoms with Gasteiger partial charge in [0.25, 0.3) is 5.91 Å². The van der Waals surface area contributed by atoms with Crippen LogP contribution >= 0.6 is 22.9 Å². The molecule has 0 radical (unpaired) electrons. The largest absolute Gasteiger partial charge is 0.337 e. The van der Waals surface area contributed by atoms with Crippen molar-refractivity contribution in [2.75, 3.05) is 38.6 Å². The van der Waals surface area contributed by atoms with Gasteiger partial charge in [0.1, 0.15) is 0 Å². The highest BCUT2D eigenvalue weighted by molar-refractivity contribution is 7.14.